The molecule has 0 heterocycles. The Hall–Kier alpha value is -2.52. The van der Waals surface area contributed by atoms with Gasteiger partial charge in [0, 0.05) is 12.1 Å². The maximum Gasteiger partial charge on any atom is 0.177 e. The molecule has 136 valence electrons. The molecule has 0 bridgehead atoms. The minimum atomic E-state index is -0.484. The van der Waals surface area contributed by atoms with Crippen molar-refractivity contribution in [2.45, 2.75) is 39.2 Å². The maximum atomic E-state index is 13.3. The van der Waals surface area contributed by atoms with E-state index in [1.54, 1.807) is 6.08 Å². The fraction of sp³-hybridized carbons (Fsp3) is 0.304. The third-order valence-electron chi connectivity index (χ3n) is 4.11. The van der Waals surface area contributed by atoms with Crippen LogP contribution in [0.15, 0.2) is 72.3 Å². The Balaban J connectivity index is 2.40. The standard InChI is InChI=1S/C23H27NO2/c1-17(25)20(15-16-24-23(2,3)4)22(26)21(18-11-7-5-8-12-18)19-13-9-6-10-14-19/h5-15,21,24H,16H2,1-4H3/b20-15+. The zero-order valence-electron chi connectivity index (χ0n) is 16.0. The van der Waals surface area contributed by atoms with Crippen LogP contribution in [0.3, 0.4) is 0 Å². The van der Waals surface area contributed by atoms with E-state index < -0.39 is 5.92 Å². The van der Waals surface area contributed by atoms with Gasteiger partial charge in [-0.25, -0.2) is 0 Å². The Bertz CT molecular complexity index is 731. The lowest BCUT2D eigenvalue weighted by molar-refractivity contribution is -0.120. The topological polar surface area (TPSA) is 46.2 Å². The Morgan fingerprint density at radius 1 is 0.923 bits per heavy atom. The van der Waals surface area contributed by atoms with E-state index in [1.165, 1.54) is 6.92 Å². The van der Waals surface area contributed by atoms with Crippen LogP contribution in [0, 0.1) is 0 Å². The summed E-state index contributed by atoms with van der Waals surface area (Å²) in [5.41, 5.74) is 1.94. The van der Waals surface area contributed by atoms with E-state index in [0.717, 1.165) is 11.1 Å². The normalized spacial score (nSPS) is 12.3. The molecule has 0 atom stereocenters. The van der Waals surface area contributed by atoms with Crippen LogP contribution in [0.5, 0.6) is 0 Å². The number of carbonyl (C=O) groups is 2. The molecule has 2 rings (SSSR count). The molecular weight excluding hydrogens is 322 g/mol. The van der Waals surface area contributed by atoms with Crippen molar-refractivity contribution in [1.29, 1.82) is 0 Å². The van der Waals surface area contributed by atoms with Crippen molar-refractivity contribution in [2.75, 3.05) is 6.54 Å². The summed E-state index contributed by atoms with van der Waals surface area (Å²) in [5, 5.41) is 3.30. The van der Waals surface area contributed by atoms with Crippen molar-refractivity contribution in [1.82, 2.24) is 5.32 Å². The minimum Gasteiger partial charge on any atom is -0.309 e. The Morgan fingerprint density at radius 2 is 1.38 bits per heavy atom. The summed E-state index contributed by atoms with van der Waals surface area (Å²) in [6.45, 7) is 8.07. The van der Waals surface area contributed by atoms with Gasteiger partial charge in [0.05, 0.1) is 11.5 Å². The fourth-order valence-corrected chi connectivity index (χ4v) is 2.82. The van der Waals surface area contributed by atoms with Crippen LogP contribution in [0.1, 0.15) is 44.7 Å². The average Bonchev–Trinajstić information content (AvgIpc) is 2.59. The van der Waals surface area contributed by atoms with Gasteiger partial charge in [0.2, 0.25) is 0 Å². The first-order valence-electron chi connectivity index (χ1n) is 8.90. The monoisotopic (exact) mass is 349 g/mol. The van der Waals surface area contributed by atoms with Crippen LogP contribution < -0.4 is 5.32 Å². The van der Waals surface area contributed by atoms with E-state index in [4.69, 9.17) is 0 Å². The molecule has 0 aromatic heterocycles. The van der Waals surface area contributed by atoms with Gasteiger partial charge in [0.25, 0.3) is 0 Å². The first-order valence-corrected chi connectivity index (χ1v) is 8.90. The third kappa shape index (κ3) is 5.50. The van der Waals surface area contributed by atoms with Crippen molar-refractivity contribution in [3.8, 4) is 0 Å². The van der Waals surface area contributed by atoms with E-state index in [-0.39, 0.29) is 22.7 Å². The molecule has 26 heavy (non-hydrogen) atoms. The first-order chi connectivity index (χ1) is 12.3. The second-order valence-electron chi connectivity index (χ2n) is 7.42. The van der Waals surface area contributed by atoms with Gasteiger partial charge >= 0.3 is 0 Å². The molecule has 0 aliphatic rings. The fourth-order valence-electron chi connectivity index (χ4n) is 2.82. The first kappa shape index (κ1) is 19.8. The molecule has 1 N–H and O–H groups in total. The second kappa shape index (κ2) is 8.72. The molecule has 0 spiro atoms. The molecule has 2 aromatic rings. The average molecular weight is 349 g/mol. The molecule has 0 aliphatic carbocycles. The summed E-state index contributed by atoms with van der Waals surface area (Å²) in [5.74, 6) is -0.852. The van der Waals surface area contributed by atoms with Crippen molar-refractivity contribution in [3.05, 3.63) is 83.4 Å². The van der Waals surface area contributed by atoms with Crippen LogP contribution in [0.25, 0.3) is 0 Å². The summed E-state index contributed by atoms with van der Waals surface area (Å²) in [6.07, 6.45) is 1.72. The third-order valence-corrected chi connectivity index (χ3v) is 4.11. The van der Waals surface area contributed by atoms with Crippen molar-refractivity contribution < 1.29 is 9.59 Å². The van der Waals surface area contributed by atoms with Gasteiger partial charge in [-0.2, -0.15) is 0 Å². The predicted molar refractivity (Wildman–Crippen MR) is 106 cm³/mol. The molecule has 2 aromatic carbocycles. The van der Waals surface area contributed by atoms with Gasteiger partial charge in [-0.15, -0.1) is 0 Å². The predicted octanol–water partition coefficient (Wildman–Crippen LogP) is 4.29. The van der Waals surface area contributed by atoms with Gasteiger partial charge < -0.3 is 5.32 Å². The van der Waals surface area contributed by atoms with Crippen LogP contribution >= 0.6 is 0 Å². The van der Waals surface area contributed by atoms with Crippen LogP contribution in [-0.4, -0.2) is 23.7 Å². The van der Waals surface area contributed by atoms with Crippen molar-refractivity contribution in [2.24, 2.45) is 0 Å². The lowest BCUT2D eigenvalue weighted by atomic mass is 9.83. The number of ketones is 2. The number of hydrogen-bond acceptors (Lipinski definition) is 3. The molecular formula is C23H27NO2. The zero-order valence-corrected chi connectivity index (χ0v) is 16.0. The molecule has 0 aliphatic heterocycles. The smallest absolute Gasteiger partial charge is 0.177 e. The number of rotatable bonds is 7. The lowest BCUT2D eigenvalue weighted by Crippen LogP contribution is -2.36. The van der Waals surface area contributed by atoms with Gasteiger partial charge in [-0.3, -0.25) is 9.59 Å². The van der Waals surface area contributed by atoms with E-state index in [0.29, 0.717) is 6.54 Å². The highest BCUT2D eigenvalue weighted by molar-refractivity contribution is 6.22. The van der Waals surface area contributed by atoms with Crippen molar-refractivity contribution >= 4 is 11.6 Å². The molecule has 0 amide bonds. The highest BCUT2D eigenvalue weighted by Crippen LogP contribution is 2.28. The van der Waals surface area contributed by atoms with Gasteiger partial charge in [0.15, 0.2) is 11.6 Å². The minimum absolute atomic E-state index is 0.0836. The molecule has 0 saturated carbocycles. The SMILES string of the molecule is CC(=O)/C(=C\CNC(C)(C)C)C(=O)C(c1ccccc1)c1ccccc1. The number of nitrogens with one attached hydrogen (secondary N) is 1. The van der Waals surface area contributed by atoms with Gasteiger partial charge in [-0.1, -0.05) is 66.7 Å². The lowest BCUT2D eigenvalue weighted by Gasteiger charge is -2.20. The van der Waals surface area contributed by atoms with Gasteiger partial charge in [-0.05, 0) is 38.8 Å². The molecule has 0 radical (unpaired) electrons. The summed E-state index contributed by atoms with van der Waals surface area (Å²) in [7, 11) is 0. The summed E-state index contributed by atoms with van der Waals surface area (Å²) >= 11 is 0. The number of carbonyl (C=O) groups excluding carboxylic acids is 2. The number of benzene rings is 2. The molecule has 3 heteroatoms. The molecule has 0 unspecified atom stereocenters. The number of allylic oxidation sites excluding steroid dienone is 1. The van der Waals surface area contributed by atoms with Gasteiger partial charge in [0.1, 0.15) is 0 Å². The highest BCUT2D eigenvalue weighted by Gasteiger charge is 2.27. The van der Waals surface area contributed by atoms with Crippen LogP contribution in [0.2, 0.25) is 0 Å². The number of hydrogen-bond donors (Lipinski definition) is 1. The van der Waals surface area contributed by atoms with E-state index >= 15 is 0 Å². The summed E-state index contributed by atoms with van der Waals surface area (Å²) in [6, 6.07) is 19.2. The highest BCUT2D eigenvalue weighted by atomic mass is 16.1. The summed E-state index contributed by atoms with van der Waals surface area (Å²) < 4.78 is 0. The Kier molecular flexibility index (Phi) is 6.64. The largest absolute Gasteiger partial charge is 0.309 e. The Morgan fingerprint density at radius 3 is 1.77 bits per heavy atom. The zero-order chi connectivity index (χ0) is 19.2. The maximum absolute atomic E-state index is 13.3. The molecule has 3 nitrogen and oxygen atoms in total. The Labute approximate surface area is 156 Å². The van der Waals surface area contributed by atoms with Crippen molar-refractivity contribution in [3.63, 3.8) is 0 Å². The number of Topliss-reactive ketones (excluding diaryl/α,β-unsaturated/α-hetero) is 2. The van der Waals surface area contributed by atoms with E-state index in [2.05, 4.69) is 5.32 Å². The quantitative estimate of drug-likeness (QED) is 0.461. The van der Waals surface area contributed by atoms with Crippen LogP contribution in [0.4, 0.5) is 0 Å². The van der Waals surface area contributed by atoms with E-state index in [1.807, 2.05) is 81.4 Å². The summed E-state index contributed by atoms with van der Waals surface area (Å²) in [4.78, 5) is 25.5. The second-order valence-corrected chi connectivity index (χ2v) is 7.42. The molecule has 0 saturated heterocycles. The van der Waals surface area contributed by atoms with Crippen LogP contribution in [-0.2, 0) is 9.59 Å². The molecule has 0 fully saturated rings. The van der Waals surface area contributed by atoms with E-state index in [9.17, 15) is 9.59 Å².